The quantitative estimate of drug-likeness (QED) is 0.761. The van der Waals surface area contributed by atoms with Crippen molar-refractivity contribution in [2.75, 3.05) is 39.8 Å². The van der Waals surface area contributed by atoms with Gasteiger partial charge in [-0.3, -0.25) is 0 Å². The van der Waals surface area contributed by atoms with Crippen LogP contribution in [-0.4, -0.2) is 66.8 Å². The van der Waals surface area contributed by atoms with E-state index in [0.717, 1.165) is 25.4 Å². The van der Waals surface area contributed by atoms with Crippen molar-refractivity contribution in [1.29, 1.82) is 0 Å². The van der Waals surface area contributed by atoms with Crippen LogP contribution in [0.25, 0.3) is 0 Å². The highest BCUT2D eigenvalue weighted by atomic mass is 16.3. The first-order valence-electron chi connectivity index (χ1n) is 7.42. The molecular formula is C14H29N3O2. The van der Waals surface area contributed by atoms with Gasteiger partial charge in [-0.05, 0) is 51.7 Å². The lowest BCUT2D eigenvalue weighted by Gasteiger charge is -2.31. The number of nitrogens with zero attached hydrogens (tertiary/aromatic N) is 2. The van der Waals surface area contributed by atoms with E-state index >= 15 is 0 Å². The van der Waals surface area contributed by atoms with Crippen LogP contribution >= 0.6 is 0 Å². The number of aliphatic hydroxyl groups excluding tert-OH is 1. The molecule has 0 bridgehead atoms. The predicted molar refractivity (Wildman–Crippen MR) is 77.2 cm³/mol. The van der Waals surface area contributed by atoms with Gasteiger partial charge < -0.3 is 20.2 Å². The van der Waals surface area contributed by atoms with Crippen molar-refractivity contribution in [1.82, 2.24) is 15.1 Å². The van der Waals surface area contributed by atoms with Gasteiger partial charge in [-0.15, -0.1) is 0 Å². The first kappa shape index (κ1) is 16.2. The molecule has 1 fully saturated rings. The van der Waals surface area contributed by atoms with Crippen molar-refractivity contribution < 1.29 is 9.90 Å². The molecule has 2 amide bonds. The van der Waals surface area contributed by atoms with Gasteiger partial charge in [-0.2, -0.15) is 0 Å². The normalized spacial score (nSPS) is 19.2. The minimum Gasteiger partial charge on any atom is -0.394 e. The fourth-order valence-corrected chi connectivity index (χ4v) is 2.42. The van der Waals surface area contributed by atoms with Crippen molar-refractivity contribution in [2.45, 2.75) is 39.2 Å². The summed E-state index contributed by atoms with van der Waals surface area (Å²) in [5.41, 5.74) is 0. The molecule has 1 atom stereocenters. The summed E-state index contributed by atoms with van der Waals surface area (Å²) in [6, 6.07) is -0.222. The Morgan fingerprint density at radius 1 is 1.47 bits per heavy atom. The fourth-order valence-electron chi connectivity index (χ4n) is 2.42. The zero-order chi connectivity index (χ0) is 14.3. The van der Waals surface area contributed by atoms with Gasteiger partial charge in [-0.25, -0.2) is 4.79 Å². The molecule has 1 heterocycles. The maximum absolute atomic E-state index is 11.8. The van der Waals surface area contributed by atoms with Gasteiger partial charge in [0.05, 0.1) is 12.6 Å². The number of carbonyl (C=O) groups excluding carboxylic acids is 1. The molecular weight excluding hydrogens is 242 g/mol. The Morgan fingerprint density at radius 2 is 2.11 bits per heavy atom. The Kier molecular flexibility index (Phi) is 7.16. The van der Waals surface area contributed by atoms with Gasteiger partial charge in [0.25, 0.3) is 0 Å². The Bertz CT molecular complexity index is 265. The minimum atomic E-state index is -0.132. The molecule has 1 unspecified atom stereocenters. The van der Waals surface area contributed by atoms with Crippen LogP contribution < -0.4 is 5.32 Å². The number of likely N-dealkylation sites (N-methyl/N-ethyl adjacent to an activating group) is 1. The number of piperidine rings is 1. The number of aliphatic hydroxyl groups is 1. The highest BCUT2D eigenvalue weighted by molar-refractivity contribution is 5.74. The standard InChI is InChI=1S/C14H29N3O2/c1-4-17-9-6-13(7-10-17)5-8-15-14(19)16(3)12(2)11-18/h12-13,18H,4-11H2,1-3H3,(H,15,19). The molecule has 1 saturated heterocycles. The van der Waals surface area contributed by atoms with E-state index in [4.69, 9.17) is 5.11 Å². The van der Waals surface area contributed by atoms with E-state index in [1.54, 1.807) is 11.9 Å². The summed E-state index contributed by atoms with van der Waals surface area (Å²) in [5.74, 6) is 0.740. The number of hydrogen-bond acceptors (Lipinski definition) is 3. The fraction of sp³-hybridized carbons (Fsp3) is 0.929. The van der Waals surface area contributed by atoms with Crippen LogP contribution in [0.5, 0.6) is 0 Å². The van der Waals surface area contributed by atoms with E-state index in [-0.39, 0.29) is 18.7 Å². The Labute approximate surface area is 117 Å². The smallest absolute Gasteiger partial charge is 0.317 e. The number of rotatable bonds is 6. The summed E-state index contributed by atoms with van der Waals surface area (Å²) in [6.07, 6.45) is 3.55. The zero-order valence-electron chi connectivity index (χ0n) is 12.6. The molecule has 0 radical (unpaired) electrons. The van der Waals surface area contributed by atoms with Gasteiger partial charge in [0.1, 0.15) is 0 Å². The second kappa shape index (κ2) is 8.38. The number of amides is 2. The first-order valence-corrected chi connectivity index (χ1v) is 7.42. The molecule has 0 aromatic heterocycles. The second-order valence-corrected chi connectivity index (χ2v) is 5.54. The lowest BCUT2D eigenvalue weighted by Crippen LogP contribution is -2.44. The van der Waals surface area contributed by atoms with E-state index in [1.807, 2.05) is 6.92 Å². The number of urea groups is 1. The van der Waals surface area contributed by atoms with Gasteiger partial charge in [-0.1, -0.05) is 6.92 Å². The zero-order valence-corrected chi connectivity index (χ0v) is 12.6. The molecule has 0 aromatic rings. The molecule has 1 aliphatic heterocycles. The molecule has 0 saturated carbocycles. The van der Waals surface area contributed by atoms with Crippen molar-refractivity contribution in [3.8, 4) is 0 Å². The summed E-state index contributed by atoms with van der Waals surface area (Å²) in [5, 5.41) is 11.9. The largest absolute Gasteiger partial charge is 0.394 e. The van der Waals surface area contributed by atoms with E-state index in [9.17, 15) is 4.79 Å². The second-order valence-electron chi connectivity index (χ2n) is 5.54. The molecule has 0 spiro atoms. The highest BCUT2D eigenvalue weighted by Gasteiger charge is 2.19. The summed E-state index contributed by atoms with van der Waals surface area (Å²) in [6.45, 7) is 8.30. The van der Waals surface area contributed by atoms with Gasteiger partial charge >= 0.3 is 6.03 Å². The third-order valence-corrected chi connectivity index (χ3v) is 4.23. The first-order chi connectivity index (χ1) is 9.08. The maximum atomic E-state index is 11.8. The van der Waals surface area contributed by atoms with Gasteiger partial charge in [0, 0.05) is 13.6 Å². The third-order valence-electron chi connectivity index (χ3n) is 4.23. The van der Waals surface area contributed by atoms with E-state index in [1.165, 1.54) is 25.9 Å². The van der Waals surface area contributed by atoms with Crippen LogP contribution in [0.3, 0.4) is 0 Å². The average Bonchev–Trinajstić information content (AvgIpc) is 2.46. The average molecular weight is 271 g/mol. The predicted octanol–water partition coefficient (Wildman–Crippen LogP) is 1.13. The van der Waals surface area contributed by atoms with Crippen LogP contribution in [-0.2, 0) is 0 Å². The summed E-state index contributed by atoms with van der Waals surface area (Å²) < 4.78 is 0. The Hall–Kier alpha value is -0.810. The van der Waals surface area contributed by atoms with E-state index in [0.29, 0.717) is 0 Å². The molecule has 19 heavy (non-hydrogen) atoms. The van der Waals surface area contributed by atoms with E-state index in [2.05, 4.69) is 17.1 Å². The molecule has 5 nitrogen and oxygen atoms in total. The van der Waals surface area contributed by atoms with Crippen LogP contribution in [0.4, 0.5) is 4.79 Å². The van der Waals surface area contributed by atoms with Crippen LogP contribution in [0.15, 0.2) is 0 Å². The minimum absolute atomic E-state index is 0.000598. The van der Waals surface area contributed by atoms with Crippen molar-refractivity contribution in [2.24, 2.45) is 5.92 Å². The number of nitrogens with one attached hydrogen (secondary N) is 1. The van der Waals surface area contributed by atoms with Crippen molar-refractivity contribution in [3.05, 3.63) is 0 Å². The van der Waals surface area contributed by atoms with Crippen LogP contribution in [0.1, 0.15) is 33.1 Å². The molecule has 1 rings (SSSR count). The lowest BCUT2D eigenvalue weighted by atomic mass is 9.93. The monoisotopic (exact) mass is 271 g/mol. The highest BCUT2D eigenvalue weighted by Crippen LogP contribution is 2.19. The molecule has 5 heteroatoms. The summed E-state index contributed by atoms with van der Waals surface area (Å²) >= 11 is 0. The molecule has 112 valence electrons. The van der Waals surface area contributed by atoms with E-state index < -0.39 is 0 Å². The Morgan fingerprint density at radius 3 is 2.63 bits per heavy atom. The molecule has 0 aliphatic carbocycles. The topological polar surface area (TPSA) is 55.8 Å². The van der Waals surface area contributed by atoms with Crippen LogP contribution in [0.2, 0.25) is 0 Å². The third kappa shape index (κ3) is 5.37. The maximum Gasteiger partial charge on any atom is 0.317 e. The molecule has 1 aliphatic rings. The Balaban J connectivity index is 2.15. The number of carbonyl (C=O) groups is 1. The summed E-state index contributed by atoms with van der Waals surface area (Å²) in [4.78, 5) is 15.8. The SMILES string of the molecule is CCN1CCC(CCNC(=O)N(C)C(C)CO)CC1. The molecule has 0 aromatic carbocycles. The summed E-state index contributed by atoms with van der Waals surface area (Å²) in [7, 11) is 1.72. The van der Waals surface area contributed by atoms with Gasteiger partial charge in [0.15, 0.2) is 0 Å². The molecule has 2 N–H and O–H groups in total. The van der Waals surface area contributed by atoms with Crippen molar-refractivity contribution >= 4 is 6.03 Å². The van der Waals surface area contributed by atoms with Crippen molar-refractivity contribution in [3.63, 3.8) is 0 Å². The lowest BCUT2D eigenvalue weighted by molar-refractivity contribution is 0.155. The number of hydrogen-bond donors (Lipinski definition) is 2. The van der Waals surface area contributed by atoms with Gasteiger partial charge in [0.2, 0.25) is 0 Å². The van der Waals surface area contributed by atoms with Crippen LogP contribution in [0, 0.1) is 5.92 Å². The number of likely N-dealkylation sites (tertiary alicyclic amines) is 1.